The molecule has 0 saturated heterocycles. The predicted molar refractivity (Wildman–Crippen MR) is 95.8 cm³/mol. The predicted octanol–water partition coefficient (Wildman–Crippen LogP) is 3.09. The first-order valence-electron chi connectivity index (χ1n) is 7.66. The molecule has 2 rings (SSSR count). The van der Waals surface area contributed by atoms with Gasteiger partial charge in [-0.25, -0.2) is 13.4 Å². The molecule has 0 radical (unpaired) electrons. The number of nitrogens with zero attached hydrogens (tertiary/aromatic N) is 2. The van der Waals surface area contributed by atoms with E-state index in [1.807, 2.05) is 18.2 Å². The maximum absolute atomic E-state index is 12.4. The molecule has 0 spiro atoms. The minimum Gasteiger partial charge on any atom is -0.293 e. The van der Waals surface area contributed by atoms with Crippen LogP contribution in [0.1, 0.15) is 24.2 Å². The van der Waals surface area contributed by atoms with E-state index in [0.29, 0.717) is 23.7 Å². The zero-order valence-corrected chi connectivity index (χ0v) is 15.3. The lowest BCUT2D eigenvalue weighted by molar-refractivity contribution is 0.102. The maximum Gasteiger partial charge on any atom is 0.244 e. The summed E-state index contributed by atoms with van der Waals surface area (Å²) in [6.45, 7) is 4.43. The number of pyridine rings is 1. The minimum absolute atomic E-state index is 0.0160. The quantitative estimate of drug-likeness (QED) is 0.532. The van der Waals surface area contributed by atoms with E-state index in [9.17, 15) is 13.2 Å². The number of Topliss-reactive ketones (excluding diaryl/α,β-unsaturated/α-hetero) is 1. The second kappa shape index (κ2) is 8.41. The molecule has 128 valence electrons. The van der Waals surface area contributed by atoms with Crippen molar-refractivity contribution in [3.8, 4) is 0 Å². The Labute approximate surface area is 147 Å². The molecule has 0 saturated carbocycles. The van der Waals surface area contributed by atoms with Gasteiger partial charge in [-0.2, -0.15) is 4.31 Å². The Morgan fingerprint density at radius 2 is 1.75 bits per heavy atom. The number of aromatic nitrogens is 1. The van der Waals surface area contributed by atoms with Gasteiger partial charge in [-0.05, 0) is 12.1 Å². The van der Waals surface area contributed by atoms with Gasteiger partial charge in [0, 0.05) is 24.8 Å². The Kier molecular flexibility index (Phi) is 6.53. The van der Waals surface area contributed by atoms with E-state index in [0.717, 1.165) is 0 Å². The average Bonchev–Trinajstić information content (AvgIpc) is 2.61. The van der Waals surface area contributed by atoms with Crippen LogP contribution in [0.2, 0.25) is 0 Å². The van der Waals surface area contributed by atoms with Gasteiger partial charge in [0.25, 0.3) is 0 Å². The van der Waals surface area contributed by atoms with Crippen molar-refractivity contribution in [2.75, 3.05) is 18.8 Å². The molecule has 0 bridgehead atoms. The molecular weight excluding hydrogens is 344 g/mol. The van der Waals surface area contributed by atoms with Gasteiger partial charge in [0.15, 0.2) is 5.78 Å². The highest BCUT2D eigenvalue weighted by Gasteiger charge is 2.21. The summed E-state index contributed by atoms with van der Waals surface area (Å²) < 4.78 is 26.1. The highest BCUT2D eigenvalue weighted by molar-refractivity contribution is 7.99. The fourth-order valence-electron chi connectivity index (χ4n) is 2.16. The number of rotatable bonds is 8. The summed E-state index contributed by atoms with van der Waals surface area (Å²) in [5.41, 5.74) is 0.658. The van der Waals surface area contributed by atoms with E-state index in [1.54, 1.807) is 32.0 Å². The number of carbonyl (C=O) groups is 1. The van der Waals surface area contributed by atoms with E-state index < -0.39 is 10.0 Å². The van der Waals surface area contributed by atoms with Crippen LogP contribution in [-0.2, 0) is 10.0 Å². The number of hydrogen-bond acceptors (Lipinski definition) is 5. The lowest BCUT2D eigenvalue weighted by Gasteiger charge is -2.18. The van der Waals surface area contributed by atoms with Crippen LogP contribution in [0.4, 0.5) is 0 Å². The van der Waals surface area contributed by atoms with Crippen molar-refractivity contribution in [3.63, 3.8) is 0 Å². The van der Waals surface area contributed by atoms with E-state index in [4.69, 9.17) is 0 Å². The molecule has 0 atom stereocenters. The van der Waals surface area contributed by atoms with Crippen molar-refractivity contribution in [2.45, 2.75) is 23.8 Å². The van der Waals surface area contributed by atoms with Crippen molar-refractivity contribution >= 4 is 27.6 Å². The largest absolute Gasteiger partial charge is 0.293 e. The van der Waals surface area contributed by atoms with Crippen LogP contribution in [0, 0.1) is 0 Å². The molecule has 1 aromatic carbocycles. The molecule has 0 aliphatic heterocycles. The Balaban J connectivity index is 2.04. The normalized spacial score (nSPS) is 11.6. The van der Waals surface area contributed by atoms with Gasteiger partial charge >= 0.3 is 0 Å². The number of thioether (sulfide) groups is 1. The lowest BCUT2D eigenvalue weighted by atomic mass is 10.2. The summed E-state index contributed by atoms with van der Waals surface area (Å²) in [6, 6.07) is 12.2. The third-order valence-corrected chi connectivity index (χ3v) is 6.48. The molecule has 0 fully saturated rings. The summed E-state index contributed by atoms with van der Waals surface area (Å²) in [4.78, 5) is 16.4. The first-order chi connectivity index (χ1) is 11.5. The van der Waals surface area contributed by atoms with Gasteiger partial charge in [0.2, 0.25) is 10.0 Å². The Morgan fingerprint density at radius 1 is 1.08 bits per heavy atom. The highest BCUT2D eigenvalue weighted by Crippen LogP contribution is 2.20. The molecule has 0 N–H and O–H groups in total. The molecule has 0 aliphatic rings. The summed E-state index contributed by atoms with van der Waals surface area (Å²) in [6.07, 6.45) is 1.35. The Bertz CT molecular complexity index is 771. The van der Waals surface area contributed by atoms with Gasteiger partial charge in [0.1, 0.15) is 4.90 Å². The van der Waals surface area contributed by atoms with Crippen LogP contribution in [0.3, 0.4) is 0 Å². The Morgan fingerprint density at radius 3 is 2.29 bits per heavy atom. The van der Waals surface area contributed by atoms with Crippen LogP contribution in [-0.4, -0.2) is 42.3 Å². The van der Waals surface area contributed by atoms with Crippen molar-refractivity contribution in [1.82, 2.24) is 9.29 Å². The first-order valence-corrected chi connectivity index (χ1v) is 10.1. The standard InChI is InChI=1S/C17H20N2O3S2/c1-3-19(4-2)24(21,22)15-10-11-17(18-12-15)23-13-16(20)14-8-6-5-7-9-14/h5-12H,3-4,13H2,1-2H3. The SMILES string of the molecule is CCN(CC)S(=O)(=O)c1ccc(SCC(=O)c2ccccc2)nc1. The monoisotopic (exact) mass is 364 g/mol. The average molecular weight is 364 g/mol. The number of benzene rings is 1. The van der Waals surface area contributed by atoms with Gasteiger partial charge in [0.05, 0.1) is 10.8 Å². The van der Waals surface area contributed by atoms with Crippen LogP contribution < -0.4 is 0 Å². The Hall–Kier alpha value is -1.70. The summed E-state index contributed by atoms with van der Waals surface area (Å²) in [5.74, 6) is 0.279. The number of sulfonamides is 1. The molecule has 0 aliphatic carbocycles. The van der Waals surface area contributed by atoms with E-state index >= 15 is 0 Å². The zero-order valence-electron chi connectivity index (χ0n) is 13.7. The third-order valence-electron chi connectivity index (χ3n) is 3.50. The molecule has 0 unspecified atom stereocenters. The number of carbonyl (C=O) groups excluding carboxylic acids is 1. The minimum atomic E-state index is -3.50. The molecule has 7 heteroatoms. The van der Waals surface area contributed by atoms with Gasteiger partial charge in [-0.15, -0.1) is 0 Å². The highest BCUT2D eigenvalue weighted by atomic mass is 32.2. The molecule has 5 nitrogen and oxygen atoms in total. The molecule has 0 amide bonds. The number of ketones is 1. The maximum atomic E-state index is 12.4. The van der Waals surface area contributed by atoms with Gasteiger partial charge < -0.3 is 0 Å². The van der Waals surface area contributed by atoms with Gasteiger partial charge in [-0.1, -0.05) is 55.9 Å². The van der Waals surface area contributed by atoms with Crippen LogP contribution in [0.25, 0.3) is 0 Å². The fraction of sp³-hybridized carbons (Fsp3) is 0.294. The summed E-state index contributed by atoms with van der Waals surface area (Å²) in [7, 11) is -3.50. The van der Waals surface area contributed by atoms with Crippen LogP contribution in [0.5, 0.6) is 0 Å². The molecule has 1 aromatic heterocycles. The molecule has 2 aromatic rings. The molecule has 1 heterocycles. The summed E-state index contributed by atoms with van der Waals surface area (Å²) >= 11 is 1.29. The van der Waals surface area contributed by atoms with Gasteiger partial charge in [-0.3, -0.25) is 4.79 Å². The van der Waals surface area contributed by atoms with E-state index in [-0.39, 0.29) is 16.4 Å². The zero-order chi connectivity index (χ0) is 17.6. The van der Waals surface area contributed by atoms with Crippen LogP contribution >= 0.6 is 11.8 Å². The topological polar surface area (TPSA) is 67.3 Å². The molecular formula is C17H20N2O3S2. The molecule has 24 heavy (non-hydrogen) atoms. The van der Waals surface area contributed by atoms with Crippen molar-refractivity contribution in [2.24, 2.45) is 0 Å². The van der Waals surface area contributed by atoms with E-state index in [2.05, 4.69) is 4.98 Å². The summed E-state index contributed by atoms with van der Waals surface area (Å²) in [5, 5.41) is 0.623. The first kappa shape index (κ1) is 18.6. The third kappa shape index (κ3) is 4.43. The van der Waals surface area contributed by atoms with Crippen molar-refractivity contribution < 1.29 is 13.2 Å². The number of hydrogen-bond donors (Lipinski definition) is 0. The second-order valence-electron chi connectivity index (χ2n) is 5.00. The second-order valence-corrected chi connectivity index (χ2v) is 7.93. The fourth-order valence-corrected chi connectivity index (χ4v) is 4.31. The van der Waals surface area contributed by atoms with E-state index in [1.165, 1.54) is 28.3 Å². The van der Waals surface area contributed by atoms with Crippen molar-refractivity contribution in [3.05, 3.63) is 54.2 Å². The lowest BCUT2D eigenvalue weighted by Crippen LogP contribution is -2.30. The smallest absolute Gasteiger partial charge is 0.244 e. The van der Waals surface area contributed by atoms with Crippen LogP contribution in [0.15, 0.2) is 58.6 Å². The van der Waals surface area contributed by atoms with Crippen molar-refractivity contribution in [1.29, 1.82) is 0 Å².